The van der Waals surface area contributed by atoms with Crippen molar-refractivity contribution in [3.05, 3.63) is 69.9 Å². The van der Waals surface area contributed by atoms with Gasteiger partial charge in [-0.15, -0.1) is 11.3 Å². The largest absolute Gasteiger partial charge is 0.332 e. The molecule has 2 aromatic heterocycles. The molecule has 0 radical (unpaired) electrons. The molecular weight excluding hydrogens is 308 g/mol. The number of hydrogen-bond acceptors (Lipinski definition) is 4. The molecule has 116 valence electrons. The van der Waals surface area contributed by atoms with E-state index in [1.54, 1.807) is 10.2 Å². The van der Waals surface area contributed by atoms with E-state index in [0.29, 0.717) is 18.8 Å². The standard InChI is InChI=1S/C17H16N4OS/c1-20-7-13(6-19-20)15-9-21(17(22)16-10-23-11-18-16)8-12-4-2-3-5-14(12)15/h2-7,10-11,15H,8-9H2,1H3. The van der Waals surface area contributed by atoms with Gasteiger partial charge in [-0.1, -0.05) is 24.3 Å². The fourth-order valence-electron chi connectivity index (χ4n) is 3.15. The molecule has 1 aliphatic rings. The van der Waals surface area contributed by atoms with Gasteiger partial charge in [0, 0.05) is 37.6 Å². The number of carbonyl (C=O) groups excluding carboxylic acids is 1. The fourth-order valence-corrected chi connectivity index (χ4v) is 3.67. The summed E-state index contributed by atoms with van der Waals surface area (Å²) in [5, 5.41) is 6.09. The predicted molar refractivity (Wildman–Crippen MR) is 88.3 cm³/mol. The second kappa shape index (κ2) is 5.62. The van der Waals surface area contributed by atoms with Gasteiger partial charge >= 0.3 is 0 Å². The zero-order chi connectivity index (χ0) is 15.8. The summed E-state index contributed by atoms with van der Waals surface area (Å²) in [6.45, 7) is 1.28. The molecular formula is C17H16N4OS. The molecule has 3 heterocycles. The molecule has 0 N–H and O–H groups in total. The number of fused-ring (bicyclic) bond motifs is 1. The first-order chi connectivity index (χ1) is 11.2. The number of aromatic nitrogens is 3. The molecule has 1 amide bonds. The highest BCUT2D eigenvalue weighted by Crippen LogP contribution is 2.33. The maximum absolute atomic E-state index is 12.7. The lowest BCUT2D eigenvalue weighted by Crippen LogP contribution is -2.38. The van der Waals surface area contributed by atoms with Gasteiger partial charge in [0.05, 0.1) is 11.7 Å². The van der Waals surface area contributed by atoms with Crippen molar-refractivity contribution in [3.8, 4) is 0 Å². The van der Waals surface area contributed by atoms with E-state index in [1.807, 2.05) is 35.8 Å². The number of aryl methyl sites for hydroxylation is 1. The molecule has 0 spiro atoms. The Balaban J connectivity index is 1.72. The van der Waals surface area contributed by atoms with Crippen molar-refractivity contribution in [2.75, 3.05) is 6.54 Å². The first-order valence-corrected chi connectivity index (χ1v) is 8.40. The van der Waals surface area contributed by atoms with Crippen molar-refractivity contribution in [2.24, 2.45) is 7.05 Å². The number of benzene rings is 1. The van der Waals surface area contributed by atoms with Crippen molar-refractivity contribution >= 4 is 17.2 Å². The van der Waals surface area contributed by atoms with Gasteiger partial charge in [0.2, 0.25) is 0 Å². The Morgan fingerprint density at radius 2 is 2.22 bits per heavy atom. The smallest absolute Gasteiger partial charge is 0.273 e. The summed E-state index contributed by atoms with van der Waals surface area (Å²) < 4.78 is 1.80. The number of thiazole rings is 1. The lowest BCUT2D eigenvalue weighted by molar-refractivity contribution is 0.0720. The Bertz CT molecular complexity index is 840. The second-order valence-electron chi connectivity index (χ2n) is 5.76. The molecule has 6 heteroatoms. The van der Waals surface area contributed by atoms with Crippen LogP contribution >= 0.6 is 11.3 Å². The van der Waals surface area contributed by atoms with Crippen LogP contribution in [-0.2, 0) is 13.6 Å². The van der Waals surface area contributed by atoms with Gasteiger partial charge in [-0.3, -0.25) is 9.48 Å². The van der Waals surface area contributed by atoms with Gasteiger partial charge in [-0.25, -0.2) is 4.98 Å². The number of nitrogens with zero attached hydrogens (tertiary/aromatic N) is 4. The lowest BCUT2D eigenvalue weighted by Gasteiger charge is -2.34. The summed E-state index contributed by atoms with van der Waals surface area (Å²) >= 11 is 1.45. The van der Waals surface area contributed by atoms with Crippen molar-refractivity contribution in [3.63, 3.8) is 0 Å². The highest BCUT2D eigenvalue weighted by Gasteiger charge is 2.30. The van der Waals surface area contributed by atoms with Gasteiger partial charge < -0.3 is 4.90 Å². The summed E-state index contributed by atoms with van der Waals surface area (Å²) in [6.07, 6.45) is 3.91. The molecule has 0 aliphatic carbocycles. The molecule has 1 unspecified atom stereocenters. The van der Waals surface area contributed by atoms with Crippen LogP contribution in [0.5, 0.6) is 0 Å². The monoisotopic (exact) mass is 324 g/mol. The third-order valence-corrected chi connectivity index (χ3v) is 4.85. The highest BCUT2D eigenvalue weighted by molar-refractivity contribution is 7.07. The van der Waals surface area contributed by atoms with Crippen LogP contribution in [0.25, 0.3) is 0 Å². The summed E-state index contributed by atoms with van der Waals surface area (Å²) in [5.41, 5.74) is 5.83. The van der Waals surface area contributed by atoms with Crippen LogP contribution in [0.4, 0.5) is 0 Å². The normalized spacial score (nSPS) is 17.1. The van der Waals surface area contributed by atoms with Crippen LogP contribution < -0.4 is 0 Å². The average molecular weight is 324 g/mol. The van der Waals surface area contributed by atoms with E-state index in [2.05, 4.69) is 28.3 Å². The molecule has 0 fully saturated rings. The molecule has 0 saturated carbocycles. The Morgan fingerprint density at radius 1 is 1.35 bits per heavy atom. The third-order valence-electron chi connectivity index (χ3n) is 4.26. The zero-order valence-electron chi connectivity index (χ0n) is 12.7. The van der Waals surface area contributed by atoms with Crippen molar-refractivity contribution in [1.29, 1.82) is 0 Å². The minimum atomic E-state index is -0.00496. The Kier molecular flexibility index (Phi) is 3.46. The number of amides is 1. The first kappa shape index (κ1) is 14.1. The van der Waals surface area contributed by atoms with Crippen LogP contribution in [0, 0.1) is 0 Å². The molecule has 1 atom stereocenters. The fraction of sp³-hybridized carbons (Fsp3) is 0.235. The van der Waals surface area contributed by atoms with Crippen molar-refractivity contribution in [2.45, 2.75) is 12.5 Å². The van der Waals surface area contributed by atoms with E-state index in [0.717, 1.165) is 5.56 Å². The van der Waals surface area contributed by atoms with Crippen LogP contribution in [0.1, 0.15) is 33.1 Å². The summed E-state index contributed by atoms with van der Waals surface area (Å²) in [5.74, 6) is 0.144. The van der Waals surface area contributed by atoms with E-state index in [4.69, 9.17) is 0 Å². The molecule has 1 aliphatic heterocycles. The van der Waals surface area contributed by atoms with Gasteiger partial charge in [0.25, 0.3) is 5.91 Å². The van der Waals surface area contributed by atoms with Crippen molar-refractivity contribution < 1.29 is 4.79 Å². The quantitative estimate of drug-likeness (QED) is 0.728. The van der Waals surface area contributed by atoms with Crippen molar-refractivity contribution in [1.82, 2.24) is 19.7 Å². The molecule has 1 aromatic carbocycles. The Morgan fingerprint density at radius 3 is 2.96 bits per heavy atom. The van der Waals surface area contributed by atoms with Gasteiger partial charge in [0.1, 0.15) is 5.69 Å². The second-order valence-corrected chi connectivity index (χ2v) is 6.48. The van der Waals surface area contributed by atoms with E-state index in [1.165, 1.54) is 22.5 Å². The number of hydrogen-bond donors (Lipinski definition) is 0. The molecule has 0 saturated heterocycles. The molecule has 5 nitrogen and oxygen atoms in total. The minimum absolute atomic E-state index is 0.00496. The van der Waals surface area contributed by atoms with E-state index in [9.17, 15) is 4.79 Å². The Labute approximate surface area is 138 Å². The minimum Gasteiger partial charge on any atom is -0.332 e. The lowest BCUT2D eigenvalue weighted by atomic mass is 9.86. The maximum atomic E-state index is 12.7. The van der Waals surface area contributed by atoms with E-state index in [-0.39, 0.29) is 11.8 Å². The summed E-state index contributed by atoms with van der Waals surface area (Å²) in [6, 6.07) is 8.33. The maximum Gasteiger partial charge on any atom is 0.273 e. The zero-order valence-corrected chi connectivity index (χ0v) is 13.5. The SMILES string of the molecule is Cn1cc(C2CN(C(=O)c3cscn3)Cc3ccccc32)cn1. The van der Waals surface area contributed by atoms with E-state index >= 15 is 0 Å². The van der Waals surface area contributed by atoms with E-state index < -0.39 is 0 Å². The molecule has 4 rings (SSSR count). The van der Waals surface area contributed by atoms with Gasteiger partial charge in [-0.2, -0.15) is 5.10 Å². The topological polar surface area (TPSA) is 51.0 Å². The summed E-state index contributed by atoms with van der Waals surface area (Å²) in [7, 11) is 1.91. The molecule has 0 bridgehead atoms. The first-order valence-electron chi connectivity index (χ1n) is 7.46. The predicted octanol–water partition coefficient (Wildman–Crippen LogP) is 2.66. The van der Waals surface area contributed by atoms with Crippen LogP contribution in [-0.4, -0.2) is 32.1 Å². The van der Waals surface area contributed by atoms with Crippen LogP contribution in [0.3, 0.4) is 0 Å². The molecule has 3 aromatic rings. The van der Waals surface area contributed by atoms with Crippen LogP contribution in [0.2, 0.25) is 0 Å². The third kappa shape index (κ3) is 2.55. The van der Waals surface area contributed by atoms with Gasteiger partial charge in [-0.05, 0) is 16.7 Å². The highest BCUT2D eigenvalue weighted by atomic mass is 32.1. The number of carbonyl (C=O) groups is 1. The van der Waals surface area contributed by atoms with Gasteiger partial charge in [0.15, 0.2) is 0 Å². The number of rotatable bonds is 2. The Hall–Kier alpha value is -2.47. The average Bonchev–Trinajstić information content (AvgIpc) is 3.24. The molecule has 23 heavy (non-hydrogen) atoms. The van der Waals surface area contributed by atoms with Crippen LogP contribution in [0.15, 0.2) is 47.5 Å². The summed E-state index contributed by atoms with van der Waals surface area (Å²) in [4.78, 5) is 18.7.